The molecule has 0 fully saturated rings. The third-order valence-corrected chi connectivity index (χ3v) is 5.23. The smallest absolute Gasteiger partial charge is 0.352 e. The molecule has 0 saturated heterocycles. The van der Waals surface area contributed by atoms with E-state index in [4.69, 9.17) is 23.2 Å². The van der Waals surface area contributed by atoms with E-state index in [2.05, 4.69) is 20.7 Å². The van der Waals surface area contributed by atoms with Gasteiger partial charge in [0.1, 0.15) is 11.6 Å². The zero-order chi connectivity index (χ0) is 24.9. The van der Waals surface area contributed by atoms with Crippen molar-refractivity contribution >= 4 is 40.7 Å². The van der Waals surface area contributed by atoms with E-state index in [-0.39, 0.29) is 22.3 Å². The molecule has 0 atom stereocenters. The number of hydrogen-bond acceptors (Lipinski definition) is 5. The van der Waals surface area contributed by atoms with Gasteiger partial charge in [0.25, 0.3) is 11.5 Å². The van der Waals surface area contributed by atoms with E-state index in [1.165, 1.54) is 0 Å². The Hall–Kier alpha value is -3.44. The second kappa shape index (κ2) is 10.7. The topological polar surface area (TPSA) is 106 Å². The summed E-state index contributed by atoms with van der Waals surface area (Å²) in [4.78, 5) is 40.9. The van der Waals surface area contributed by atoms with Crippen molar-refractivity contribution in [3.05, 3.63) is 86.0 Å². The van der Waals surface area contributed by atoms with Gasteiger partial charge in [-0.2, -0.15) is 18.3 Å². The van der Waals surface area contributed by atoms with Crippen molar-refractivity contribution in [3.63, 3.8) is 0 Å². The van der Waals surface area contributed by atoms with Gasteiger partial charge >= 0.3 is 6.18 Å². The molecule has 0 radical (unpaired) electrons. The van der Waals surface area contributed by atoms with Gasteiger partial charge in [-0.15, -0.1) is 0 Å². The Labute approximate surface area is 200 Å². The molecule has 8 nitrogen and oxygen atoms in total. The van der Waals surface area contributed by atoms with Gasteiger partial charge in [-0.05, 0) is 30.3 Å². The Morgan fingerprint density at radius 1 is 1.12 bits per heavy atom. The van der Waals surface area contributed by atoms with Crippen LogP contribution in [0.5, 0.6) is 0 Å². The van der Waals surface area contributed by atoms with Crippen LogP contribution in [0.4, 0.5) is 18.9 Å². The van der Waals surface area contributed by atoms with Crippen LogP contribution in [0, 0.1) is 0 Å². The molecule has 3 aromatic rings. The van der Waals surface area contributed by atoms with Crippen LogP contribution >= 0.6 is 23.2 Å². The molecule has 2 N–H and O–H groups in total. The number of halogens is 5. The lowest BCUT2D eigenvalue weighted by Crippen LogP contribution is -2.30. The molecule has 2 aromatic heterocycles. The number of rotatable bonds is 7. The van der Waals surface area contributed by atoms with Crippen molar-refractivity contribution in [2.75, 3.05) is 11.9 Å². The quantitative estimate of drug-likeness (QED) is 0.502. The van der Waals surface area contributed by atoms with Crippen LogP contribution in [0.2, 0.25) is 10.0 Å². The van der Waals surface area contributed by atoms with Crippen LogP contribution < -0.4 is 16.2 Å². The van der Waals surface area contributed by atoms with E-state index >= 15 is 0 Å². The number of alkyl halides is 3. The van der Waals surface area contributed by atoms with Crippen molar-refractivity contribution in [3.8, 4) is 0 Å². The predicted molar refractivity (Wildman–Crippen MR) is 119 cm³/mol. The third kappa shape index (κ3) is 6.33. The van der Waals surface area contributed by atoms with Crippen LogP contribution in [-0.2, 0) is 23.9 Å². The molecule has 0 aliphatic carbocycles. The van der Waals surface area contributed by atoms with Crippen molar-refractivity contribution in [2.24, 2.45) is 0 Å². The fourth-order valence-corrected chi connectivity index (χ4v) is 3.17. The second-order valence-corrected chi connectivity index (χ2v) is 7.69. The lowest BCUT2D eigenvalue weighted by atomic mass is 10.0. The zero-order valence-electron chi connectivity index (χ0n) is 17.2. The summed E-state index contributed by atoms with van der Waals surface area (Å²) in [5.41, 5.74) is -2.07. The van der Waals surface area contributed by atoms with Gasteiger partial charge in [0, 0.05) is 30.5 Å². The first-order valence-corrected chi connectivity index (χ1v) is 10.4. The van der Waals surface area contributed by atoms with Crippen LogP contribution in [0.15, 0.2) is 53.6 Å². The van der Waals surface area contributed by atoms with Crippen LogP contribution in [0.3, 0.4) is 0 Å². The number of aromatic nitrogens is 3. The highest BCUT2D eigenvalue weighted by atomic mass is 35.5. The number of carbonyl (C=O) groups excluding carboxylic acids is 2. The van der Waals surface area contributed by atoms with Crippen LogP contribution in [-0.4, -0.2) is 33.1 Å². The summed E-state index contributed by atoms with van der Waals surface area (Å²) in [6.07, 6.45) is -1.85. The highest BCUT2D eigenvalue weighted by molar-refractivity contribution is 6.41. The maximum atomic E-state index is 13.4. The summed E-state index contributed by atoms with van der Waals surface area (Å²) in [7, 11) is 0. The average molecular weight is 514 g/mol. The second-order valence-electron chi connectivity index (χ2n) is 6.90. The van der Waals surface area contributed by atoms with E-state index in [1.807, 2.05) is 0 Å². The van der Waals surface area contributed by atoms with Crippen molar-refractivity contribution in [2.45, 2.75) is 19.1 Å². The molecule has 2 amide bonds. The predicted octanol–water partition coefficient (Wildman–Crippen LogP) is 3.58. The maximum absolute atomic E-state index is 13.4. The summed E-state index contributed by atoms with van der Waals surface area (Å²) in [6.45, 7) is -0.530. The van der Waals surface area contributed by atoms with E-state index < -0.39 is 41.2 Å². The number of nitrogens with one attached hydrogen (secondary N) is 2. The van der Waals surface area contributed by atoms with Gasteiger partial charge in [-0.3, -0.25) is 19.4 Å². The molecule has 0 unspecified atom stereocenters. The standard InChI is InChI=1S/C21H16Cl2F3N5O3/c22-16-10-29-31(20(34)18(16)23)11-17(32)30-13-4-5-15(21(24,25)26)14(9-13)19(33)28-8-6-12-3-1-2-7-27-12/h1-5,7,9-10H,6,8,11H2,(H,28,33)(H,30,32). The molecule has 0 aliphatic heterocycles. The Balaban J connectivity index is 1.75. The van der Waals surface area contributed by atoms with E-state index in [9.17, 15) is 27.6 Å². The molecule has 178 valence electrons. The number of amides is 2. The highest BCUT2D eigenvalue weighted by Gasteiger charge is 2.35. The minimum Gasteiger partial charge on any atom is -0.352 e. The number of nitrogens with zero attached hydrogens (tertiary/aromatic N) is 3. The minimum absolute atomic E-state index is 0.0512. The minimum atomic E-state index is -4.80. The Bertz CT molecular complexity index is 1270. The number of carbonyl (C=O) groups is 2. The molecular formula is C21H16Cl2F3N5O3. The van der Waals surface area contributed by atoms with Crippen molar-refractivity contribution < 1.29 is 22.8 Å². The van der Waals surface area contributed by atoms with Gasteiger partial charge < -0.3 is 10.6 Å². The fraction of sp³-hybridized carbons (Fsp3) is 0.190. The Kier molecular flexibility index (Phi) is 7.90. The van der Waals surface area contributed by atoms with Gasteiger partial charge in [0.2, 0.25) is 5.91 Å². The van der Waals surface area contributed by atoms with Gasteiger partial charge in [-0.25, -0.2) is 4.68 Å². The van der Waals surface area contributed by atoms with E-state index in [0.29, 0.717) is 18.2 Å². The summed E-state index contributed by atoms with van der Waals surface area (Å²) in [5.74, 6) is -1.75. The zero-order valence-corrected chi connectivity index (χ0v) is 18.7. The van der Waals surface area contributed by atoms with Gasteiger partial charge in [0.15, 0.2) is 0 Å². The van der Waals surface area contributed by atoms with E-state index in [1.54, 1.807) is 24.4 Å². The normalized spacial score (nSPS) is 11.2. The van der Waals surface area contributed by atoms with Crippen molar-refractivity contribution in [1.29, 1.82) is 0 Å². The molecule has 3 rings (SSSR count). The molecule has 0 aliphatic rings. The molecule has 2 heterocycles. The third-order valence-electron chi connectivity index (χ3n) is 4.48. The molecule has 0 saturated carbocycles. The largest absolute Gasteiger partial charge is 0.417 e. The number of hydrogen-bond donors (Lipinski definition) is 2. The molecule has 0 spiro atoms. The fourth-order valence-electron chi connectivity index (χ4n) is 2.90. The van der Waals surface area contributed by atoms with Crippen LogP contribution in [0.1, 0.15) is 21.6 Å². The summed E-state index contributed by atoms with van der Waals surface area (Å²) >= 11 is 11.4. The van der Waals surface area contributed by atoms with Gasteiger partial charge in [0.05, 0.1) is 22.3 Å². The Morgan fingerprint density at radius 2 is 1.88 bits per heavy atom. The first kappa shape index (κ1) is 25.2. The lowest BCUT2D eigenvalue weighted by Gasteiger charge is -2.15. The SMILES string of the molecule is O=C(Cn1ncc(Cl)c(Cl)c1=O)Nc1ccc(C(F)(F)F)c(C(=O)NCCc2ccccn2)c1. The monoisotopic (exact) mass is 513 g/mol. The van der Waals surface area contributed by atoms with E-state index in [0.717, 1.165) is 23.0 Å². The summed E-state index contributed by atoms with van der Waals surface area (Å²) < 4.78 is 41.1. The number of benzene rings is 1. The first-order valence-electron chi connectivity index (χ1n) is 9.66. The molecule has 0 bridgehead atoms. The summed E-state index contributed by atoms with van der Waals surface area (Å²) in [6, 6.07) is 7.77. The number of pyridine rings is 1. The molecule has 1 aromatic carbocycles. The van der Waals surface area contributed by atoms with Crippen molar-refractivity contribution in [1.82, 2.24) is 20.1 Å². The Morgan fingerprint density at radius 3 is 2.56 bits per heavy atom. The maximum Gasteiger partial charge on any atom is 0.417 e. The first-order chi connectivity index (χ1) is 16.1. The lowest BCUT2D eigenvalue weighted by molar-refractivity contribution is -0.137. The van der Waals surface area contributed by atoms with Gasteiger partial charge in [-0.1, -0.05) is 29.3 Å². The average Bonchev–Trinajstić information content (AvgIpc) is 2.79. The highest BCUT2D eigenvalue weighted by Crippen LogP contribution is 2.33. The molecule has 13 heteroatoms. The number of anilines is 1. The summed E-state index contributed by atoms with van der Waals surface area (Å²) in [5, 5.41) is 8.02. The van der Waals surface area contributed by atoms with Crippen LogP contribution in [0.25, 0.3) is 0 Å². The molecule has 34 heavy (non-hydrogen) atoms. The molecular weight excluding hydrogens is 498 g/mol.